The highest BCUT2D eigenvalue weighted by Gasteiger charge is 1.98. The first-order chi connectivity index (χ1) is 8.88. The number of rotatable bonds is 6. The number of nitrogens with zero attached hydrogens (tertiary/aromatic N) is 3. The highest BCUT2D eigenvalue weighted by Crippen LogP contribution is 2.06. The molecule has 5 nitrogen and oxygen atoms in total. The van der Waals surface area contributed by atoms with Gasteiger partial charge >= 0.3 is 0 Å². The fraction of sp³-hybridized carbons (Fsp3) is 0.154. The van der Waals surface area contributed by atoms with Crippen LogP contribution in [0.3, 0.4) is 0 Å². The van der Waals surface area contributed by atoms with Crippen LogP contribution in [0.25, 0.3) is 0 Å². The lowest BCUT2D eigenvalue weighted by Gasteiger charge is -2.06. The van der Waals surface area contributed by atoms with Crippen molar-refractivity contribution in [3.8, 4) is 0 Å². The fourth-order valence-corrected chi connectivity index (χ4v) is 1.40. The molecular weight excluding hydrogens is 226 g/mol. The van der Waals surface area contributed by atoms with E-state index in [0.717, 1.165) is 11.4 Å². The van der Waals surface area contributed by atoms with Crippen LogP contribution in [0.2, 0.25) is 0 Å². The quantitative estimate of drug-likeness (QED) is 0.758. The minimum absolute atomic E-state index is 0.591. The molecule has 0 fully saturated rings. The summed E-state index contributed by atoms with van der Waals surface area (Å²) in [5, 5.41) is 6.26. The monoisotopic (exact) mass is 241 g/mol. The molecule has 0 aliphatic rings. The molecule has 2 heterocycles. The van der Waals surface area contributed by atoms with E-state index in [1.54, 1.807) is 18.5 Å². The van der Waals surface area contributed by atoms with Gasteiger partial charge in [-0.3, -0.25) is 4.98 Å². The second kappa shape index (κ2) is 6.34. The van der Waals surface area contributed by atoms with Gasteiger partial charge in [0.1, 0.15) is 5.82 Å². The number of hydrogen-bond donors (Lipinski definition) is 2. The van der Waals surface area contributed by atoms with Crippen LogP contribution in [0.1, 0.15) is 5.56 Å². The normalized spacial score (nSPS) is 9.78. The lowest BCUT2D eigenvalue weighted by Crippen LogP contribution is -2.06. The number of nitrogens with one attached hydrogen (secondary N) is 2. The molecule has 2 N–H and O–H groups in total. The van der Waals surface area contributed by atoms with Crippen molar-refractivity contribution >= 4 is 11.8 Å². The molecule has 0 spiro atoms. The predicted molar refractivity (Wildman–Crippen MR) is 72.3 cm³/mol. The van der Waals surface area contributed by atoms with Crippen LogP contribution in [0, 0.1) is 0 Å². The van der Waals surface area contributed by atoms with Crippen molar-refractivity contribution in [2.75, 3.05) is 17.2 Å². The average Bonchev–Trinajstić information content (AvgIpc) is 2.44. The van der Waals surface area contributed by atoms with Crippen molar-refractivity contribution in [1.29, 1.82) is 0 Å². The van der Waals surface area contributed by atoms with Crippen LogP contribution in [-0.2, 0) is 6.54 Å². The van der Waals surface area contributed by atoms with Gasteiger partial charge in [0, 0.05) is 31.7 Å². The van der Waals surface area contributed by atoms with E-state index in [9.17, 15) is 0 Å². The van der Waals surface area contributed by atoms with Crippen molar-refractivity contribution in [2.24, 2.45) is 0 Å². The molecule has 0 radical (unpaired) electrons. The highest BCUT2D eigenvalue weighted by molar-refractivity contribution is 5.40. The molecule has 0 saturated heterocycles. The molecule has 0 amide bonds. The SMILES string of the molecule is C=CCNc1ccnc(NCc2cccnc2)n1. The Labute approximate surface area is 106 Å². The van der Waals surface area contributed by atoms with E-state index < -0.39 is 0 Å². The summed E-state index contributed by atoms with van der Waals surface area (Å²) in [5.74, 6) is 1.37. The Morgan fingerprint density at radius 3 is 2.94 bits per heavy atom. The Morgan fingerprint density at radius 2 is 2.17 bits per heavy atom. The number of anilines is 2. The smallest absolute Gasteiger partial charge is 0.224 e. The van der Waals surface area contributed by atoms with Gasteiger partial charge in [0.2, 0.25) is 5.95 Å². The van der Waals surface area contributed by atoms with Crippen molar-refractivity contribution in [3.05, 3.63) is 55.0 Å². The summed E-state index contributed by atoms with van der Waals surface area (Å²) in [4.78, 5) is 12.5. The van der Waals surface area contributed by atoms with Crippen LogP contribution in [-0.4, -0.2) is 21.5 Å². The van der Waals surface area contributed by atoms with Crippen LogP contribution in [0.15, 0.2) is 49.4 Å². The maximum absolute atomic E-state index is 4.32. The topological polar surface area (TPSA) is 62.7 Å². The Kier molecular flexibility index (Phi) is 4.24. The Morgan fingerprint density at radius 1 is 1.22 bits per heavy atom. The second-order valence-electron chi connectivity index (χ2n) is 3.65. The molecule has 0 atom stereocenters. The van der Waals surface area contributed by atoms with Crippen molar-refractivity contribution in [3.63, 3.8) is 0 Å². The Balaban J connectivity index is 1.95. The zero-order valence-corrected chi connectivity index (χ0v) is 10.0. The second-order valence-corrected chi connectivity index (χ2v) is 3.65. The van der Waals surface area contributed by atoms with Gasteiger partial charge in [0.15, 0.2) is 0 Å². The summed E-state index contributed by atoms with van der Waals surface area (Å²) in [5.41, 5.74) is 1.09. The van der Waals surface area contributed by atoms with Gasteiger partial charge in [0.25, 0.3) is 0 Å². The fourth-order valence-electron chi connectivity index (χ4n) is 1.40. The summed E-state index contributed by atoms with van der Waals surface area (Å²) in [6, 6.07) is 5.72. The summed E-state index contributed by atoms with van der Waals surface area (Å²) in [6.45, 7) is 4.98. The van der Waals surface area contributed by atoms with Crippen LogP contribution < -0.4 is 10.6 Å². The lowest BCUT2D eigenvalue weighted by molar-refractivity contribution is 1.04. The number of aromatic nitrogens is 3. The Hall–Kier alpha value is -2.43. The number of pyridine rings is 1. The molecule has 0 aliphatic carbocycles. The van der Waals surface area contributed by atoms with Crippen LogP contribution in [0.5, 0.6) is 0 Å². The zero-order valence-electron chi connectivity index (χ0n) is 10.0. The molecule has 0 saturated carbocycles. The molecule has 2 rings (SSSR count). The average molecular weight is 241 g/mol. The summed E-state index contributed by atoms with van der Waals surface area (Å²) in [6.07, 6.45) is 7.06. The minimum Gasteiger partial charge on any atom is -0.366 e. The van der Waals surface area contributed by atoms with Crippen molar-refractivity contribution < 1.29 is 0 Å². The molecular formula is C13H15N5. The molecule has 0 unspecified atom stereocenters. The van der Waals surface area contributed by atoms with E-state index in [4.69, 9.17) is 0 Å². The molecule has 0 bridgehead atoms. The maximum atomic E-state index is 4.32. The first-order valence-electron chi connectivity index (χ1n) is 5.69. The summed E-state index contributed by atoms with van der Waals surface area (Å²) < 4.78 is 0. The Bertz CT molecular complexity index is 498. The molecule has 5 heteroatoms. The molecule has 92 valence electrons. The lowest BCUT2D eigenvalue weighted by atomic mass is 10.3. The minimum atomic E-state index is 0.591. The van der Waals surface area contributed by atoms with Gasteiger partial charge in [-0.05, 0) is 17.7 Å². The zero-order chi connectivity index (χ0) is 12.6. The molecule has 18 heavy (non-hydrogen) atoms. The molecule has 0 aromatic carbocycles. The third-order valence-corrected chi connectivity index (χ3v) is 2.26. The van der Waals surface area contributed by atoms with Gasteiger partial charge in [0.05, 0.1) is 0 Å². The molecule has 2 aromatic rings. The summed E-state index contributed by atoms with van der Waals surface area (Å²) in [7, 11) is 0. The maximum Gasteiger partial charge on any atom is 0.224 e. The third kappa shape index (κ3) is 3.55. The van der Waals surface area contributed by atoms with Crippen LogP contribution >= 0.6 is 0 Å². The van der Waals surface area contributed by atoms with E-state index in [-0.39, 0.29) is 0 Å². The van der Waals surface area contributed by atoms with Gasteiger partial charge in [-0.15, -0.1) is 6.58 Å². The van der Waals surface area contributed by atoms with Crippen molar-refractivity contribution in [1.82, 2.24) is 15.0 Å². The molecule has 0 aliphatic heterocycles. The first kappa shape index (κ1) is 12.0. The standard InChI is InChI=1S/C13H15N5/c1-2-6-15-12-5-8-16-13(18-12)17-10-11-4-3-7-14-9-11/h2-5,7-9H,1,6,10H2,(H2,15,16,17,18). The van der Waals surface area contributed by atoms with E-state index in [1.165, 1.54) is 0 Å². The highest BCUT2D eigenvalue weighted by atomic mass is 15.1. The van der Waals surface area contributed by atoms with Crippen LogP contribution in [0.4, 0.5) is 11.8 Å². The first-order valence-corrected chi connectivity index (χ1v) is 5.69. The molecule has 2 aromatic heterocycles. The van der Waals surface area contributed by atoms with E-state index in [0.29, 0.717) is 19.0 Å². The van der Waals surface area contributed by atoms with Gasteiger partial charge in [-0.2, -0.15) is 4.98 Å². The summed E-state index contributed by atoms with van der Waals surface area (Å²) >= 11 is 0. The van der Waals surface area contributed by atoms with Gasteiger partial charge in [-0.25, -0.2) is 4.98 Å². The largest absolute Gasteiger partial charge is 0.366 e. The van der Waals surface area contributed by atoms with Gasteiger partial charge in [-0.1, -0.05) is 12.1 Å². The predicted octanol–water partition coefficient (Wildman–Crippen LogP) is 2.08. The number of hydrogen-bond acceptors (Lipinski definition) is 5. The van der Waals surface area contributed by atoms with E-state index in [1.807, 2.05) is 24.4 Å². The van der Waals surface area contributed by atoms with Crippen molar-refractivity contribution in [2.45, 2.75) is 6.54 Å². The van der Waals surface area contributed by atoms with E-state index >= 15 is 0 Å². The third-order valence-electron chi connectivity index (χ3n) is 2.26. The van der Waals surface area contributed by atoms with E-state index in [2.05, 4.69) is 32.2 Å². The van der Waals surface area contributed by atoms with Gasteiger partial charge < -0.3 is 10.6 Å².